The second kappa shape index (κ2) is 12.8. The van der Waals surface area contributed by atoms with Crippen LogP contribution >= 0.6 is 0 Å². The minimum absolute atomic E-state index is 0. The largest absolute Gasteiger partial charge is 2.00 e. The van der Waals surface area contributed by atoms with Crippen LogP contribution in [0.4, 0.5) is 22.7 Å². The van der Waals surface area contributed by atoms with E-state index in [9.17, 15) is 10.2 Å². The van der Waals surface area contributed by atoms with Gasteiger partial charge in [0.1, 0.15) is 0 Å². The number of para-hydroxylation sites is 2. The average Bonchev–Trinajstić information content (AvgIpc) is 2.80. The van der Waals surface area contributed by atoms with Crippen LogP contribution in [-0.4, -0.2) is 0 Å². The Balaban J connectivity index is 0.000000213. The van der Waals surface area contributed by atoms with Crippen LogP contribution in [0.1, 0.15) is 0 Å². The van der Waals surface area contributed by atoms with Crippen LogP contribution in [0.15, 0.2) is 130 Å². The summed E-state index contributed by atoms with van der Waals surface area (Å²) in [5.41, 5.74) is 2.20. The zero-order chi connectivity index (χ0) is 21.0. The van der Waals surface area contributed by atoms with Crippen molar-refractivity contribution >= 4 is 22.7 Å². The summed E-state index contributed by atoms with van der Waals surface area (Å²) in [6.07, 6.45) is 0. The monoisotopic (exact) mass is 500 g/mol. The second-order valence-electron chi connectivity index (χ2n) is 6.01. The molecule has 0 aliphatic rings. The Labute approximate surface area is 194 Å². The van der Waals surface area contributed by atoms with Gasteiger partial charge in [0.15, 0.2) is 0 Å². The molecule has 0 N–H and O–H groups in total. The molecule has 0 amide bonds. The zero-order valence-corrected chi connectivity index (χ0v) is 17.9. The van der Waals surface area contributed by atoms with Gasteiger partial charge >= 0.3 is 20.4 Å². The SMILES string of the molecule is [O-]c1ccccc1N=Nc1ccccc1.[O-]c1ccccc1N=Nc1ccccc1.[Pd+2]. The van der Waals surface area contributed by atoms with E-state index in [2.05, 4.69) is 20.5 Å². The Kier molecular flexibility index (Phi) is 9.76. The van der Waals surface area contributed by atoms with Gasteiger partial charge in [0.25, 0.3) is 0 Å². The summed E-state index contributed by atoms with van der Waals surface area (Å²) in [5.74, 6) is -0.227. The van der Waals surface area contributed by atoms with Crippen LogP contribution in [-0.2, 0) is 20.4 Å². The maximum Gasteiger partial charge on any atom is 2.00 e. The molecule has 0 aromatic heterocycles. The molecule has 0 heterocycles. The summed E-state index contributed by atoms with van der Waals surface area (Å²) >= 11 is 0. The van der Waals surface area contributed by atoms with E-state index in [0.29, 0.717) is 11.4 Å². The minimum atomic E-state index is -0.114. The van der Waals surface area contributed by atoms with Crippen LogP contribution in [0.3, 0.4) is 0 Å². The Morgan fingerprint density at radius 3 is 1.06 bits per heavy atom. The summed E-state index contributed by atoms with van der Waals surface area (Å²) < 4.78 is 0. The molecule has 6 nitrogen and oxygen atoms in total. The normalized spacial score (nSPS) is 10.3. The zero-order valence-electron chi connectivity index (χ0n) is 16.3. The third kappa shape index (κ3) is 7.94. The Morgan fingerprint density at radius 2 is 0.710 bits per heavy atom. The van der Waals surface area contributed by atoms with Gasteiger partial charge in [0.05, 0.1) is 22.7 Å². The van der Waals surface area contributed by atoms with Crippen molar-refractivity contribution in [3.63, 3.8) is 0 Å². The summed E-state index contributed by atoms with van der Waals surface area (Å²) in [6.45, 7) is 0. The molecule has 0 aliphatic heterocycles. The van der Waals surface area contributed by atoms with Crippen molar-refractivity contribution in [2.45, 2.75) is 0 Å². The smallest absolute Gasteiger partial charge is 0.871 e. The van der Waals surface area contributed by atoms with Crippen molar-refractivity contribution in [1.82, 2.24) is 0 Å². The van der Waals surface area contributed by atoms with Crippen LogP contribution in [0.25, 0.3) is 0 Å². The maximum atomic E-state index is 11.3. The predicted octanol–water partition coefficient (Wildman–Crippen LogP) is 6.35. The summed E-state index contributed by atoms with van der Waals surface area (Å²) in [7, 11) is 0. The van der Waals surface area contributed by atoms with Crippen molar-refractivity contribution in [3.8, 4) is 11.5 Å². The summed E-state index contributed by atoms with van der Waals surface area (Å²) in [4.78, 5) is 0. The fraction of sp³-hybridized carbons (Fsp3) is 0. The van der Waals surface area contributed by atoms with Gasteiger partial charge in [0.2, 0.25) is 0 Å². The average molecular weight is 501 g/mol. The molecule has 31 heavy (non-hydrogen) atoms. The number of rotatable bonds is 4. The van der Waals surface area contributed by atoms with Crippen molar-refractivity contribution in [2.75, 3.05) is 0 Å². The molecule has 156 valence electrons. The number of hydrogen-bond donors (Lipinski definition) is 0. The van der Waals surface area contributed by atoms with E-state index >= 15 is 0 Å². The number of hydrogen-bond acceptors (Lipinski definition) is 6. The van der Waals surface area contributed by atoms with Gasteiger partial charge in [-0.3, -0.25) is 0 Å². The molecule has 0 saturated heterocycles. The Bertz CT molecular complexity index is 1030. The van der Waals surface area contributed by atoms with Gasteiger partial charge in [-0.1, -0.05) is 84.3 Å². The van der Waals surface area contributed by atoms with Gasteiger partial charge < -0.3 is 10.2 Å². The van der Waals surface area contributed by atoms with Gasteiger partial charge in [-0.05, 0) is 36.4 Å². The fourth-order valence-electron chi connectivity index (χ4n) is 2.29. The molecule has 0 spiro atoms. The van der Waals surface area contributed by atoms with Crippen molar-refractivity contribution in [3.05, 3.63) is 109 Å². The van der Waals surface area contributed by atoms with Crippen LogP contribution in [0.2, 0.25) is 0 Å². The van der Waals surface area contributed by atoms with E-state index in [1.54, 1.807) is 36.4 Å². The van der Waals surface area contributed by atoms with E-state index in [1.165, 1.54) is 12.1 Å². The first kappa shape index (κ1) is 23.6. The Hall–Kier alpha value is -3.66. The molecule has 0 radical (unpaired) electrons. The quantitative estimate of drug-likeness (QED) is 0.241. The molecular weight excluding hydrogens is 483 g/mol. The molecule has 0 aliphatic carbocycles. The van der Waals surface area contributed by atoms with Gasteiger partial charge in [0, 0.05) is 0 Å². The fourth-order valence-corrected chi connectivity index (χ4v) is 2.29. The first-order chi connectivity index (χ1) is 14.7. The number of nitrogens with zero attached hydrogens (tertiary/aromatic N) is 4. The van der Waals surface area contributed by atoms with Gasteiger partial charge in [-0.2, -0.15) is 20.5 Å². The molecule has 0 unspecified atom stereocenters. The van der Waals surface area contributed by atoms with Crippen molar-refractivity contribution < 1.29 is 30.6 Å². The van der Waals surface area contributed by atoms with Crippen molar-refractivity contribution in [1.29, 1.82) is 0 Å². The van der Waals surface area contributed by atoms with E-state index in [1.807, 2.05) is 60.7 Å². The molecular formula is C24H18N4O2Pd. The topological polar surface area (TPSA) is 95.6 Å². The number of benzene rings is 4. The second-order valence-corrected chi connectivity index (χ2v) is 6.01. The predicted molar refractivity (Wildman–Crippen MR) is 113 cm³/mol. The van der Waals surface area contributed by atoms with E-state index in [4.69, 9.17) is 0 Å². The third-order valence-electron chi connectivity index (χ3n) is 3.79. The molecule has 7 heteroatoms. The summed E-state index contributed by atoms with van der Waals surface area (Å²) in [6, 6.07) is 31.8. The van der Waals surface area contributed by atoms with Crippen LogP contribution < -0.4 is 10.2 Å². The molecule has 0 bridgehead atoms. The van der Waals surface area contributed by atoms with Crippen LogP contribution in [0.5, 0.6) is 11.5 Å². The standard InChI is InChI=1S/2C12H10N2O.Pd/c2*15-12-9-5-4-8-11(12)14-13-10-6-2-1-3-7-10;/h2*1-9,15H;/q;;+2/p-2. The van der Waals surface area contributed by atoms with E-state index in [-0.39, 0.29) is 31.9 Å². The van der Waals surface area contributed by atoms with Gasteiger partial charge in [-0.25, -0.2) is 0 Å². The number of azo groups is 2. The first-order valence-electron chi connectivity index (χ1n) is 9.18. The molecule has 4 aromatic carbocycles. The minimum Gasteiger partial charge on any atom is -0.871 e. The molecule has 0 atom stereocenters. The first-order valence-corrected chi connectivity index (χ1v) is 9.18. The van der Waals surface area contributed by atoms with Crippen molar-refractivity contribution in [2.24, 2.45) is 20.5 Å². The third-order valence-corrected chi connectivity index (χ3v) is 3.79. The van der Waals surface area contributed by atoms with E-state index in [0.717, 1.165) is 11.4 Å². The molecule has 0 fully saturated rings. The maximum absolute atomic E-state index is 11.3. The van der Waals surface area contributed by atoms with Gasteiger partial charge in [-0.15, -0.1) is 0 Å². The Morgan fingerprint density at radius 1 is 0.387 bits per heavy atom. The molecule has 4 rings (SSSR count). The van der Waals surface area contributed by atoms with E-state index < -0.39 is 0 Å². The summed E-state index contributed by atoms with van der Waals surface area (Å²) in [5, 5.41) is 38.3. The molecule has 4 aromatic rings. The molecule has 0 saturated carbocycles. The van der Waals surface area contributed by atoms with Crippen LogP contribution in [0, 0.1) is 0 Å².